The van der Waals surface area contributed by atoms with Gasteiger partial charge in [-0.15, -0.1) is 13.2 Å². The minimum absolute atomic E-state index is 0.242. The number of aryl methyl sites for hydroxylation is 1. The van der Waals surface area contributed by atoms with Gasteiger partial charge >= 0.3 is 6.36 Å². The number of hydrogen-bond acceptors (Lipinski definition) is 5. The summed E-state index contributed by atoms with van der Waals surface area (Å²) in [5, 5.41) is 0. The van der Waals surface area contributed by atoms with Crippen molar-refractivity contribution in [2.75, 3.05) is 25.6 Å². The van der Waals surface area contributed by atoms with E-state index < -0.39 is 6.36 Å². The summed E-state index contributed by atoms with van der Waals surface area (Å²) in [6.07, 6.45) is -2.06. The summed E-state index contributed by atoms with van der Waals surface area (Å²) in [6, 6.07) is 3.97. The van der Waals surface area contributed by atoms with Gasteiger partial charge < -0.3 is 14.4 Å². The Balaban J connectivity index is 2.13. The van der Waals surface area contributed by atoms with Crippen LogP contribution < -0.4 is 14.4 Å². The molecule has 0 fully saturated rings. The highest BCUT2D eigenvalue weighted by Crippen LogP contribution is 2.38. The molecule has 2 aromatic rings. The second-order valence-electron chi connectivity index (χ2n) is 6.22. The number of methoxy groups -OCH3 is 1. The first-order valence-electron chi connectivity index (χ1n) is 8.46. The van der Waals surface area contributed by atoms with E-state index in [2.05, 4.69) is 10.8 Å². The van der Waals surface area contributed by atoms with E-state index in [9.17, 15) is 13.2 Å². The lowest BCUT2D eigenvalue weighted by Crippen LogP contribution is -2.24. The fraction of sp³-hybridized carbons (Fsp3) is 0.368. The third kappa shape index (κ3) is 3.84. The van der Waals surface area contributed by atoms with Crippen LogP contribution in [0.5, 0.6) is 11.5 Å². The molecule has 0 N–H and O–H groups in total. The van der Waals surface area contributed by atoms with Gasteiger partial charge in [0.2, 0.25) is 0 Å². The molecule has 0 amide bonds. The molecule has 1 aliphatic rings. The Hall–Kier alpha value is -2.77. The Morgan fingerprint density at radius 3 is 2.56 bits per heavy atom. The van der Waals surface area contributed by atoms with Crippen molar-refractivity contribution < 1.29 is 22.6 Å². The Morgan fingerprint density at radius 2 is 1.93 bits per heavy atom. The lowest BCUT2D eigenvalue weighted by atomic mass is 10.0. The average Bonchev–Trinajstić information content (AvgIpc) is 2.62. The molecule has 3 rings (SSSR count). The largest absolute Gasteiger partial charge is 0.573 e. The number of hydrogen-bond donors (Lipinski definition) is 0. The van der Waals surface area contributed by atoms with Crippen LogP contribution in [0.25, 0.3) is 16.8 Å². The Kier molecular flexibility index (Phi) is 4.99. The maximum Gasteiger partial charge on any atom is 0.573 e. The zero-order valence-electron chi connectivity index (χ0n) is 15.5. The van der Waals surface area contributed by atoms with Crippen molar-refractivity contribution in [1.82, 2.24) is 9.97 Å². The molecule has 27 heavy (non-hydrogen) atoms. The number of allylic oxidation sites excluding steroid dienone is 1. The monoisotopic (exact) mass is 379 g/mol. The smallest absolute Gasteiger partial charge is 0.496 e. The molecule has 0 bridgehead atoms. The fourth-order valence-electron chi connectivity index (χ4n) is 2.98. The number of rotatable bonds is 4. The van der Waals surface area contributed by atoms with Crippen LogP contribution in [-0.2, 0) is 6.42 Å². The van der Waals surface area contributed by atoms with E-state index in [4.69, 9.17) is 14.7 Å². The Labute approximate surface area is 155 Å². The van der Waals surface area contributed by atoms with E-state index in [0.29, 0.717) is 24.2 Å². The summed E-state index contributed by atoms with van der Waals surface area (Å²) in [5.74, 6) is 0.634. The van der Waals surface area contributed by atoms with E-state index in [-0.39, 0.29) is 11.5 Å². The summed E-state index contributed by atoms with van der Waals surface area (Å²) in [5.41, 5.74) is 3.78. The Morgan fingerprint density at radius 1 is 1.19 bits per heavy atom. The summed E-state index contributed by atoms with van der Waals surface area (Å²) in [6.45, 7) is 4.66. The van der Waals surface area contributed by atoms with Gasteiger partial charge in [0.15, 0.2) is 5.82 Å². The normalized spacial score (nSPS) is 13.9. The van der Waals surface area contributed by atoms with Gasteiger partial charge in [-0.2, -0.15) is 0 Å². The van der Waals surface area contributed by atoms with Crippen molar-refractivity contribution in [1.29, 1.82) is 0 Å². The minimum atomic E-state index is -4.76. The summed E-state index contributed by atoms with van der Waals surface area (Å²) < 4.78 is 46.8. The van der Waals surface area contributed by atoms with Crippen LogP contribution >= 0.6 is 0 Å². The third-order valence-electron chi connectivity index (χ3n) is 4.35. The summed E-state index contributed by atoms with van der Waals surface area (Å²) >= 11 is 0. The number of aromatic nitrogens is 2. The third-order valence-corrected chi connectivity index (χ3v) is 4.35. The second kappa shape index (κ2) is 7.09. The summed E-state index contributed by atoms with van der Waals surface area (Å²) in [7, 11) is 3.32. The van der Waals surface area contributed by atoms with Crippen LogP contribution in [-0.4, -0.2) is 37.0 Å². The first-order chi connectivity index (χ1) is 12.7. The average molecular weight is 379 g/mol. The zero-order valence-corrected chi connectivity index (χ0v) is 15.5. The minimum Gasteiger partial charge on any atom is -0.496 e. The molecule has 0 aliphatic carbocycles. The van der Waals surface area contributed by atoms with Crippen molar-refractivity contribution in [2.24, 2.45) is 0 Å². The van der Waals surface area contributed by atoms with Gasteiger partial charge in [0, 0.05) is 25.2 Å². The molecule has 0 radical (unpaired) electrons. The molecule has 1 aliphatic heterocycles. The van der Waals surface area contributed by atoms with E-state index in [1.54, 1.807) is 0 Å². The van der Waals surface area contributed by atoms with Gasteiger partial charge in [-0.05, 0) is 31.1 Å². The highest BCUT2D eigenvalue weighted by Gasteiger charge is 2.31. The number of likely N-dealkylation sites (N-methyl/N-ethyl adjacent to an activating group) is 1. The predicted molar refractivity (Wildman–Crippen MR) is 97.0 cm³/mol. The van der Waals surface area contributed by atoms with Crippen molar-refractivity contribution in [2.45, 2.75) is 26.6 Å². The number of nitrogens with zero attached hydrogens (tertiary/aromatic N) is 3. The number of ether oxygens (including phenoxy) is 2. The molecule has 0 saturated heterocycles. The molecule has 2 heterocycles. The Bertz CT molecular complexity index is 894. The number of fused-ring (bicyclic) bond motifs is 1. The number of halogens is 3. The van der Waals surface area contributed by atoms with E-state index >= 15 is 0 Å². The first kappa shape index (κ1) is 19.0. The number of alkyl halides is 3. The van der Waals surface area contributed by atoms with Crippen LogP contribution in [0.2, 0.25) is 0 Å². The second-order valence-corrected chi connectivity index (χ2v) is 6.22. The van der Waals surface area contributed by atoms with Gasteiger partial charge in [0.05, 0.1) is 18.5 Å². The van der Waals surface area contributed by atoms with Gasteiger partial charge in [-0.25, -0.2) is 9.97 Å². The molecular formula is C19H20F3N3O2. The summed E-state index contributed by atoms with van der Waals surface area (Å²) in [4.78, 5) is 11.5. The van der Waals surface area contributed by atoms with Crippen LogP contribution in [0.15, 0.2) is 24.3 Å². The van der Waals surface area contributed by atoms with Crippen molar-refractivity contribution in [3.8, 4) is 22.8 Å². The first-order valence-corrected chi connectivity index (χ1v) is 8.46. The van der Waals surface area contributed by atoms with Gasteiger partial charge in [0.1, 0.15) is 17.2 Å². The van der Waals surface area contributed by atoms with E-state index in [0.717, 1.165) is 22.8 Å². The molecule has 0 saturated carbocycles. The molecule has 1 aromatic heterocycles. The maximum atomic E-state index is 12.5. The SMILES string of the molecule is CCc1nc2c(nc1-c1ccc(OC(F)(F)F)cc1OC)N(C)CC=C2C. The quantitative estimate of drug-likeness (QED) is 0.785. The number of benzene rings is 1. The molecular weight excluding hydrogens is 359 g/mol. The zero-order chi connectivity index (χ0) is 19.8. The molecule has 8 heteroatoms. The standard InChI is InChI=1S/C19H20F3N3O2/c1-5-14-17(24-18-16(23-14)11(2)8-9-25(18)3)13-7-6-12(10-15(13)26-4)27-19(20,21)22/h6-8,10H,5,9H2,1-4H3. The number of anilines is 1. The van der Waals surface area contributed by atoms with Gasteiger partial charge in [-0.1, -0.05) is 13.0 Å². The highest BCUT2D eigenvalue weighted by atomic mass is 19.4. The molecule has 1 aromatic carbocycles. The van der Waals surface area contributed by atoms with Crippen LogP contribution in [0, 0.1) is 0 Å². The highest BCUT2D eigenvalue weighted by molar-refractivity contribution is 5.78. The van der Waals surface area contributed by atoms with Crippen molar-refractivity contribution in [3.05, 3.63) is 35.7 Å². The van der Waals surface area contributed by atoms with Crippen LogP contribution in [0.3, 0.4) is 0 Å². The predicted octanol–water partition coefficient (Wildman–Crippen LogP) is 4.47. The molecule has 0 unspecified atom stereocenters. The molecule has 0 atom stereocenters. The lowest BCUT2D eigenvalue weighted by Gasteiger charge is -2.26. The van der Waals surface area contributed by atoms with Crippen molar-refractivity contribution in [3.63, 3.8) is 0 Å². The molecule has 5 nitrogen and oxygen atoms in total. The van der Waals surface area contributed by atoms with E-state index in [1.165, 1.54) is 25.3 Å². The van der Waals surface area contributed by atoms with Crippen LogP contribution in [0.1, 0.15) is 25.2 Å². The van der Waals surface area contributed by atoms with Gasteiger partial charge in [0.25, 0.3) is 0 Å². The molecule has 144 valence electrons. The van der Waals surface area contributed by atoms with Crippen LogP contribution in [0.4, 0.5) is 19.0 Å². The maximum absolute atomic E-state index is 12.5. The van der Waals surface area contributed by atoms with Gasteiger partial charge in [-0.3, -0.25) is 0 Å². The topological polar surface area (TPSA) is 47.5 Å². The fourth-order valence-corrected chi connectivity index (χ4v) is 2.98. The van der Waals surface area contributed by atoms with Crippen molar-refractivity contribution >= 4 is 11.4 Å². The van der Waals surface area contributed by atoms with E-state index in [1.807, 2.05) is 25.8 Å². The lowest BCUT2D eigenvalue weighted by molar-refractivity contribution is -0.274. The molecule has 0 spiro atoms.